The topological polar surface area (TPSA) is 77.9 Å². The molecule has 0 bridgehead atoms. The Balaban J connectivity index is 0.00000208. The Labute approximate surface area is 185 Å². The fourth-order valence-corrected chi connectivity index (χ4v) is 3.14. The van der Waals surface area contributed by atoms with E-state index >= 15 is 0 Å². The molecule has 0 fully saturated rings. The van der Waals surface area contributed by atoms with E-state index in [2.05, 4.69) is 4.98 Å². The predicted octanol–water partition coefficient (Wildman–Crippen LogP) is -1.49. The van der Waals surface area contributed by atoms with Crippen LogP contribution >= 0.6 is 11.3 Å². The van der Waals surface area contributed by atoms with E-state index in [-0.39, 0.29) is 69.9 Å². The van der Waals surface area contributed by atoms with Gasteiger partial charge in [0.05, 0.1) is 0 Å². The Morgan fingerprint density at radius 1 is 1.08 bits per heavy atom. The normalized spacial score (nSPS) is 10.3. The van der Waals surface area contributed by atoms with Crippen molar-refractivity contribution in [3.63, 3.8) is 0 Å². The van der Waals surface area contributed by atoms with Crippen LogP contribution in [0.25, 0.3) is 0 Å². The molecule has 24 heavy (non-hydrogen) atoms. The van der Waals surface area contributed by atoms with Crippen molar-refractivity contribution < 1.29 is 56.5 Å². The van der Waals surface area contributed by atoms with Crippen molar-refractivity contribution in [3.05, 3.63) is 84.7 Å². The van der Waals surface area contributed by atoms with Gasteiger partial charge in [0.15, 0.2) is 0 Å². The van der Waals surface area contributed by atoms with Gasteiger partial charge in [0.2, 0.25) is 0 Å². The molecule has 0 atom stereocenters. The van der Waals surface area contributed by atoms with Gasteiger partial charge in [0.1, 0.15) is 0 Å². The molecule has 0 aliphatic carbocycles. The van der Waals surface area contributed by atoms with Crippen molar-refractivity contribution in [1.29, 1.82) is 0 Å². The first-order chi connectivity index (χ1) is 11.1. The zero-order valence-corrected chi connectivity index (χ0v) is 17.3. The van der Waals surface area contributed by atoms with Gasteiger partial charge in [-0.15, -0.1) is 11.3 Å². The SMILES string of the molecule is O=c1[nH]c([O-])c(Cc2cccs2)c(=O)n1CCc1ccccc1.[K+]. The number of nitrogens with one attached hydrogen (secondary N) is 1. The van der Waals surface area contributed by atoms with Crippen LogP contribution < -0.4 is 67.7 Å². The van der Waals surface area contributed by atoms with Gasteiger partial charge in [-0.2, -0.15) is 0 Å². The van der Waals surface area contributed by atoms with E-state index in [1.165, 1.54) is 11.3 Å². The summed E-state index contributed by atoms with van der Waals surface area (Å²) in [5.74, 6) is -0.593. The molecule has 0 unspecified atom stereocenters. The molecule has 7 heteroatoms. The van der Waals surface area contributed by atoms with Crippen LogP contribution in [0.15, 0.2) is 57.4 Å². The molecule has 0 saturated heterocycles. The van der Waals surface area contributed by atoms with E-state index in [9.17, 15) is 14.7 Å². The third-order valence-electron chi connectivity index (χ3n) is 3.64. The number of hydrogen-bond donors (Lipinski definition) is 1. The summed E-state index contributed by atoms with van der Waals surface area (Å²) in [4.78, 5) is 27.6. The average molecular weight is 366 g/mol. The zero-order chi connectivity index (χ0) is 16.2. The maximum absolute atomic E-state index is 12.5. The number of rotatable bonds is 5. The number of aryl methyl sites for hydroxylation is 1. The summed E-state index contributed by atoms with van der Waals surface area (Å²) in [5, 5.41) is 13.8. The molecule has 0 radical (unpaired) electrons. The van der Waals surface area contributed by atoms with Crippen molar-refractivity contribution in [3.8, 4) is 5.88 Å². The number of nitrogens with zero attached hydrogens (tertiary/aromatic N) is 1. The number of hydrogen-bond acceptors (Lipinski definition) is 4. The largest absolute Gasteiger partial charge is 1.00 e. The zero-order valence-electron chi connectivity index (χ0n) is 13.3. The van der Waals surface area contributed by atoms with Crippen LogP contribution in [0.3, 0.4) is 0 Å². The molecule has 2 heterocycles. The minimum atomic E-state index is -0.647. The molecule has 1 N–H and O–H groups in total. The molecule has 0 aliphatic heterocycles. The number of H-pyrrole nitrogens is 1. The summed E-state index contributed by atoms with van der Waals surface area (Å²) >= 11 is 1.48. The Bertz CT molecular complexity index is 902. The van der Waals surface area contributed by atoms with Crippen molar-refractivity contribution in [2.24, 2.45) is 0 Å². The Morgan fingerprint density at radius 2 is 1.83 bits per heavy atom. The van der Waals surface area contributed by atoms with E-state index in [1.807, 2.05) is 47.8 Å². The molecule has 0 amide bonds. The van der Waals surface area contributed by atoms with Crippen molar-refractivity contribution in [1.82, 2.24) is 9.55 Å². The summed E-state index contributed by atoms with van der Waals surface area (Å²) in [6, 6.07) is 13.3. The molecule has 3 rings (SSSR count). The smallest absolute Gasteiger partial charge is 0.860 e. The van der Waals surface area contributed by atoms with Gasteiger partial charge in [-0.3, -0.25) is 9.36 Å². The van der Waals surface area contributed by atoms with Crippen LogP contribution in [0.1, 0.15) is 16.0 Å². The van der Waals surface area contributed by atoms with Crippen LogP contribution in [0.2, 0.25) is 0 Å². The van der Waals surface area contributed by atoms with Gasteiger partial charge in [-0.05, 0) is 29.3 Å². The third kappa shape index (κ3) is 4.56. The summed E-state index contributed by atoms with van der Waals surface area (Å²) < 4.78 is 1.11. The van der Waals surface area contributed by atoms with Crippen LogP contribution in [0.4, 0.5) is 0 Å². The minimum Gasteiger partial charge on any atom is -0.860 e. The molecule has 5 nitrogen and oxygen atoms in total. The fourth-order valence-electron chi connectivity index (χ4n) is 2.42. The maximum Gasteiger partial charge on any atom is 1.00 e. The van der Waals surface area contributed by atoms with Crippen molar-refractivity contribution in [2.45, 2.75) is 19.4 Å². The molecule has 3 aromatic rings. The van der Waals surface area contributed by atoms with Crippen LogP contribution in [0.5, 0.6) is 5.88 Å². The Morgan fingerprint density at radius 3 is 2.50 bits per heavy atom. The predicted molar refractivity (Wildman–Crippen MR) is 88.0 cm³/mol. The van der Waals surface area contributed by atoms with Gasteiger partial charge in [-0.1, -0.05) is 36.4 Å². The Hall–Kier alpha value is -0.964. The molecule has 0 aliphatic rings. The number of thiophene rings is 1. The van der Waals surface area contributed by atoms with Gasteiger partial charge < -0.3 is 10.1 Å². The van der Waals surface area contributed by atoms with E-state index in [0.29, 0.717) is 6.42 Å². The van der Waals surface area contributed by atoms with Gasteiger partial charge >= 0.3 is 57.1 Å². The van der Waals surface area contributed by atoms with E-state index in [4.69, 9.17) is 0 Å². The second kappa shape index (κ2) is 8.94. The van der Waals surface area contributed by atoms with E-state index in [1.54, 1.807) is 0 Å². The molecule has 0 saturated carbocycles. The average Bonchev–Trinajstić information content (AvgIpc) is 3.05. The number of aromatic nitrogens is 2. The standard InChI is InChI=1S/C17H16N2O3S.K/c20-15-14(11-13-7-4-10-23-13)16(21)19(17(22)18-15)9-8-12-5-2-1-3-6-12;/h1-7,10,20H,8-9,11H2,(H,18,22);/q;+1/p-1. The molecular formula is C17H15KN2O3S. The van der Waals surface area contributed by atoms with Crippen molar-refractivity contribution in [2.75, 3.05) is 0 Å². The van der Waals surface area contributed by atoms with E-state index in [0.717, 1.165) is 15.0 Å². The first-order valence-corrected chi connectivity index (χ1v) is 8.12. The fraction of sp³-hybridized carbons (Fsp3) is 0.176. The second-order valence-electron chi connectivity index (χ2n) is 5.19. The number of benzene rings is 1. The van der Waals surface area contributed by atoms with Crippen LogP contribution in [0, 0.1) is 0 Å². The van der Waals surface area contributed by atoms with E-state index < -0.39 is 17.1 Å². The molecule has 1 aromatic carbocycles. The third-order valence-corrected chi connectivity index (χ3v) is 4.52. The van der Waals surface area contributed by atoms with Crippen molar-refractivity contribution >= 4 is 11.3 Å². The summed E-state index contributed by atoms with van der Waals surface area (Å²) in [5.41, 5.74) is -0.00106. The molecule has 118 valence electrons. The minimum absolute atomic E-state index is 0. The molecule has 0 spiro atoms. The number of aromatic amines is 1. The summed E-state index contributed by atoms with van der Waals surface area (Å²) in [6.07, 6.45) is 0.803. The quantitative estimate of drug-likeness (QED) is 0.559. The Kier molecular flexibility index (Phi) is 7.21. The molecular weight excluding hydrogens is 351 g/mol. The first-order valence-electron chi connectivity index (χ1n) is 7.24. The summed E-state index contributed by atoms with van der Waals surface area (Å²) in [7, 11) is 0. The second-order valence-corrected chi connectivity index (χ2v) is 6.22. The van der Waals surface area contributed by atoms with Crippen LogP contribution in [-0.4, -0.2) is 9.55 Å². The molecule has 2 aromatic heterocycles. The van der Waals surface area contributed by atoms with Gasteiger partial charge in [-0.25, -0.2) is 4.79 Å². The van der Waals surface area contributed by atoms with Crippen LogP contribution in [-0.2, 0) is 19.4 Å². The van der Waals surface area contributed by atoms with Gasteiger partial charge in [0, 0.05) is 23.4 Å². The first kappa shape index (κ1) is 19.4. The monoisotopic (exact) mass is 366 g/mol. The maximum atomic E-state index is 12.5. The van der Waals surface area contributed by atoms with Gasteiger partial charge in [0.25, 0.3) is 5.56 Å². The summed E-state index contributed by atoms with van der Waals surface area (Å²) in [6.45, 7) is 0.246.